The molecular weight excluding hydrogens is 236 g/mol. The third-order valence-electron chi connectivity index (χ3n) is 2.64. The Balaban J connectivity index is 1.63. The van der Waals surface area contributed by atoms with Gasteiger partial charge in [0.25, 0.3) is 0 Å². The second-order valence-corrected chi connectivity index (χ2v) is 5.29. The Morgan fingerprint density at radius 2 is 1.50 bits per heavy atom. The largest absolute Gasteiger partial charge is 0.126 e. The molecule has 0 spiro atoms. The minimum Gasteiger partial charge on any atom is -0.126 e. The van der Waals surface area contributed by atoms with E-state index < -0.39 is 0 Å². The summed E-state index contributed by atoms with van der Waals surface area (Å²) in [5, 5.41) is 0. The van der Waals surface area contributed by atoms with Gasteiger partial charge in [-0.05, 0) is 36.3 Å². The van der Waals surface area contributed by atoms with Crippen molar-refractivity contribution in [2.75, 3.05) is 5.75 Å². The molecule has 0 amide bonds. The van der Waals surface area contributed by atoms with Crippen LogP contribution in [-0.4, -0.2) is 5.75 Å². The molecule has 0 aliphatic heterocycles. The average Bonchev–Trinajstić information content (AvgIpc) is 2.45. The van der Waals surface area contributed by atoms with Gasteiger partial charge in [0.05, 0.1) is 0 Å². The highest BCUT2D eigenvalue weighted by atomic mass is 32.2. The van der Waals surface area contributed by atoms with Gasteiger partial charge in [0.1, 0.15) is 0 Å². The molecule has 0 fully saturated rings. The van der Waals surface area contributed by atoms with Gasteiger partial charge in [-0.3, -0.25) is 0 Å². The minimum atomic E-state index is 1.15. The molecule has 0 unspecified atom stereocenters. The van der Waals surface area contributed by atoms with Gasteiger partial charge in [-0.1, -0.05) is 60.7 Å². The molecule has 18 heavy (non-hydrogen) atoms. The molecule has 0 saturated carbocycles. The molecule has 0 heterocycles. The molecular formula is C17H18S. The van der Waals surface area contributed by atoms with Crippen molar-refractivity contribution in [3.8, 4) is 0 Å². The normalized spacial score (nSPS) is 10.9. The third-order valence-corrected chi connectivity index (χ3v) is 3.74. The van der Waals surface area contributed by atoms with Crippen molar-refractivity contribution in [3.05, 3.63) is 72.3 Å². The fraction of sp³-hybridized carbons (Fsp3) is 0.176. The molecule has 0 radical (unpaired) electrons. The molecule has 0 aromatic heterocycles. The van der Waals surface area contributed by atoms with Crippen molar-refractivity contribution < 1.29 is 0 Å². The second-order valence-electron chi connectivity index (χ2n) is 4.12. The lowest BCUT2D eigenvalue weighted by Gasteiger charge is -1.99. The second kappa shape index (κ2) is 7.78. The first-order valence-corrected chi connectivity index (χ1v) is 7.33. The SMILES string of the molecule is C(=Cc1ccccc1)CCCSc1ccccc1. The zero-order valence-corrected chi connectivity index (χ0v) is 11.3. The van der Waals surface area contributed by atoms with Crippen LogP contribution in [-0.2, 0) is 0 Å². The van der Waals surface area contributed by atoms with Crippen molar-refractivity contribution in [2.24, 2.45) is 0 Å². The van der Waals surface area contributed by atoms with E-state index in [0.717, 1.165) is 6.42 Å². The van der Waals surface area contributed by atoms with Gasteiger partial charge in [0.15, 0.2) is 0 Å². The van der Waals surface area contributed by atoms with Crippen LogP contribution in [0.1, 0.15) is 18.4 Å². The summed E-state index contributed by atoms with van der Waals surface area (Å²) in [6.07, 6.45) is 6.84. The molecule has 0 aliphatic carbocycles. The van der Waals surface area contributed by atoms with E-state index >= 15 is 0 Å². The first-order valence-electron chi connectivity index (χ1n) is 6.34. The zero-order valence-electron chi connectivity index (χ0n) is 10.5. The molecule has 2 aromatic carbocycles. The Labute approximate surface area is 114 Å². The Kier molecular flexibility index (Phi) is 5.61. The lowest BCUT2D eigenvalue weighted by Crippen LogP contribution is -1.78. The number of allylic oxidation sites excluding steroid dienone is 1. The van der Waals surface area contributed by atoms with Gasteiger partial charge >= 0.3 is 0 Å². The van der Waals surface area contributed by atoms with Crippen LogP contribution in [0.2, 0.25) is 0 Å². The van der Waals surface area contributed by atoms with Gasteiger partial charge in [0.2, 0.25) is 0 Å². The smallest absolute Gasteiger partial charge is 0.00719 e. The molecule has 0 bridgehead atoms. The van der Waals surface area contributed by atoms with E-state index in [0.29, 0.717) is 0 Å². The molecule has 0 nitrogen and oxygen atoms in total. The maximum absolute atomic E-state index is 2.26. The van der Waals surface area contributed by atoms with E-state index in [2.05, 4.69) is 66.7 Å². The number of thioether (sulfide) groups is 1. The third kappa shape index (κ3) is 4.80. The molecule has 2 aromatic rings. The van der Waals surface area contributed by atoms with Gasteiger partial charge in [-0.15, -0.1) is 11.8 Å². The summed E-state index contributed by atoms with van der Waals surface area (Å²) >= 11 is 1.93. The average molecular weight is 254 g/mol. The van der Waals surface area contributed by atoms with Gasteiger partial charge < -0.3 is 0 Å². The summed E-state index contributed by atoms with van der Waals surface area (Å²) in [5.74, 6) is 1.18. The van der Waals surface area contributed by atoms with Crippen LogP contribution in [0.15, 0.2) is 71.6 Å². The summed E-state index contributed by atoms with van der Waals surface area (Å²) in [7, 11) is 0. The van der Waals surface area contributed by atoms with Crippen molar-refractivity contribution in [1.29, 1.82) is 0 Å². The fourth-order valence-corrected chi connectivity index (χ4v) is 2.59. The van der Waals surface area contributed by atoms with Gasteiger partial charge in [-0.2, -0.15) is 0 Å². The maximum Gasteiger partial charge on any atom is 0.00719 e. The van der Waals surface area contributed by atoms with E-state index in [4.69, 9.17) is 0 Å². The maximum atomic E-state index is 2.26. The predicted octanol–water partition coefficient (Wildman–Crippen LogP) is 5.27. The highest BCUT2D eigenvalue weighted by molar-refractivity contribution is 7.99. The predicted molar refractivity (Wildman–Crippen MR) is 81.9 cm³/mol. The first kappa shape index (κ1) is 13.0. The van der Waals surface area contributed by atoms with E-state index in [1.54, 1.807) is 0 Å². The summed E-state index contributed by atoms with van der Waals surface area (Å²) in [6.45, 7) is 0. The van der Waals surface area contributed by atoms with Crippen molar-refractivity contribution in [2.45, 2.75) is 17.7 Å². The van der Waals surface area contributed by atoms with Gasteiger partial charge in [0, 0.05) is 4.90 Å². The molecule has 2 rings (SSSR count). The Morgan fingerprint density at radius 3 is 2.22 bits per heavy atom. The topological polar surface area (TPSA) is 0 Å². The first-order chi connectivity index (χ1) is 8.95. The van der Waals surface area contributed by atoms with E-state index in [9.17, 15) is 0 Å². The van der Waals surface area contributed by atoms with Crippen LogP contribution >= 0.6 is 11.8 Å². The number of rotatable bonds is 6. The Bertz CT molecular complexity index is 459. The summed E-state index contributed by atoms with van der Waals surface area (Å²) in [5.41, 5.74) is 1.29. The number of unbranched alkanes of at least 4 members (excludes halogenated alkanes) is 1. The number of hydrogen-bond donors (Lipinski definition) is 0. The number of hydrogen-bond acceptors (Lipinski definition) is 1. The van der Waals surface area contributed by atoms with E-state index in [1.807, 2.05) is 17.8 Å². The van der Waals surface area contributed by atoms with E-state index in [-0.39, 0.29) is 0 Å². The van der Waals surface area contributed by atoms with E-state index in [1.165, 1.54) is 22.6 Å². The van der Waals surface area contributed by atoms with Crippen LogP contribution in [0.4, 0.5) is 0 Å². The Hall–Kier alpha value is -1.47. The molecule has 0 N–H and O–H groups in total. The highest BCUT2D eigenvalue weighted by Gasteiger charge is 1.91. The molecule has 0 atom stereocenters. The molecule has 0 saturated heterocycles. The lowest BCUT2D eigenvalue weighted by molar-refractivity contribution is 0.975. The van der Waals surface area contributed by atoms with Crippen LogP contribution in [0.5, 0.6) is 0 Å². The van der Waals surface area contributed by atoms with Crippen molar-refractivity contribution >= 4 is 17.8 Å². The van der Waals surface area contributed by atoms with Gasteiger partial charge in [-0.25, -0.2) is 0 Å². The fourth-order valence-electron chi connectivity index (χ4n) is 1.69. The van der Waals surface area contributed by atoms with Crippen LogP contribution < -0.4 is 0 Å². The summed E-state index contributed by atoms with van der Waals surface area (Å²) in [6, 6.07) is 21.1. The standard InChI is InChI=1S/C17H18S/c1-4-10-16(11-5-1)12-6-3-9-15-18-17-13-7-2-8-14-17/h1-2,4-8,10-14H,3,9,15H2. The minimum absolute atomic E-state index is 1.15. The molecule has 92 valence electrons. The number of benzene rings is 2. The monoisotopic (exact) mass is 254 g/mol. The molecule has 1 heteroatoms. The molecule has 0 aliphatic rings. The Morgan fingerprint density at radius 1 is 0.833 bits per heavy atom. The van der Waals surface area contributed by atoms with Crippen LogP contribution in [0, 0.1) is 0 Å². The zero-order chi connectivity index (χ0) is 12.5. The lowest BCUT2D eigenvalue weighted by atomic mass is 10.2. The summed E-state index contributed by atoms with van der Waals surface area (Å²) in [4.78, 5) is 1.37. The van der Waals surface area contributed by atoms with Crippen LogP contribution in [0.25, 0.3) is 6.08 Å². The van der Waals surface area contributed by atoms with Crippen molar-refractivity contribution in [3.63, 3.8) is 0 Å². The highest BCUT2D eigenvalue weighted by Crippen LogP contribution is 2.18. The van der Waals surface area contributed by atoms with Crippen molar-refractivity contribution in [1.82, 2.24) is 0 Å². The summed E-state index contributed by atoms with van der Waals surface area (Å²) < 4.78 is 0. The quantitative estimate of drug-likeness (QED) is 0.499. The van der Waals surface area contributed by atoms with Crippen LogP contribution in [0.3, 0.4) is 0 Å².